The van der Waals surface area contributed by atoms with Crippen molar-refractivity contribution in [2.45, 2.75) is 44.6 Å². The first-order valence-corrected chi connectivity index (χ1v) is 6.94. The highest BCUT2D eigenvalue weighted by Gasteiger charge is 2.15. The van der Waals surface area contributed by atoms with Gasteiger partial charge in [-0.15, -0.1) is 0 Å². The maximum atomic E-state index is 11.2. The van der Waals surface area contributed by atoms with E-state index >= 15 is 0 Å². The molecule has 1 fully saturated rings. The van der Waals surface area contributed by atoms with E-state index in [1.807, 2.05) is 0 Å². The molecule has 0 saturated heterocycles. The monoisotopic (exact) mass is 256 g/mol. The molecule has 100 valence electrons. The number of hydrogen-bond donors (Lipinski definition) is 0. The number of hydrogen-bond acceptors (Lipinski definition) is 2. The lowest BCUT2D eigenvalue weighted by Gasteiger charge is -2.22. The fraction of sp³-hybridized carbons (Fsp3) is 0.500. The summed E-state index contributed by atoms with van der Waals surface area (Å²) in [5.74, 6) is 0.220. The Bertz CT molecular complexity index is 467. The lowest BCUT2D eigenvalue weighted by molar-refractivity contribution is -0.124. The second kappa shape index (κ2) is 6.38. The standard InChI is InChI=1S/C16H20N2O/c1-18(16(19)11-17)12-13-7-9-15(10-8-13)14-5-3-2-4-6-14/h7-10,14H,2-6,12H2,1H3. The van der Waals surface area contributed by atoms with E-state index in [1.165, 1.54) is 42.6 Å². The van der Waals surface area contributed by atoms with Crippen molar-refractivity contribution in [2.75, 3.05) is 7.05 Å². The van der Waals surface area contributed by atoms with Crippen molar-refractivity contribution >= 4 is 5.91 Å². The van der Waals surface area contributed by atoms with Gasteiger partial charge in [-0.1, -0.05) is 43.5 Å². The van der Waals surface area contributed by atoms with Gasteiger partial charge < -0.3 is 4.90 Å². The van der Waals surface area contributed by atoms with E-state index in [-0.39, 0.29) is 0 Å². The van der Waals surface area contributed by atoms with Gasteiger partial charge in [0, 0.05) is 13.6 Å². The van der Waals surface area contributed by atoms with Crippen LogP contribution < -0.4 is 0 Å². The summed E-state index contributed by atoms with van der Waals surface area (Å²) in [4.78, 5) is 12.6. The minimum Gasteiger partial charge on any atom is -0.329 e. The molecule has 1 aromatic carbocycles. The zero-order valence-corrected chi connectivity index (χ0v) is 11.4. The minimum atomic E-state index is -0.489. The van der Waals surface area contributed by atoms with Gasteiger partial charge in [-0.3, -0.25) is 4.79 Å². The predicted octanol–water partition coefficient (Wildman–Crippen LogP) is 3.22. The molecule has 0 aliphatic heterocycles. The maximum absolute atomic E-state index is 11.2. The van der Waals surface area contributed by atoms with Crippen LogP contribution in [0.2, 0.25) is 0 Å². The minimum absolute atomic E-state index is 0.489. The highest BCUT2D eigenvalue weighted by Crippen LogP contribution is 2.32. The molecule has 3 heteroatoms. The van der Waals surface area contributed by atoms with Crippen LogP contribution in [-0.4, -0.2) is 17.9 Å². The van der Waals surface area contributed by atoms with E-state index < -0.39 is 5.91 Å². The van der Waals surface area contributed by atoms with E-state index in [0.717, 1.165) is 5.56 Å². The average molecular weight is 256 g/mol. The van der Waals surface area contributed by atoms with Crippen LogP contribution in [0, 0.1) is 11.3 Å². The lowest BCUT2D eigenvalue weighted by Crippen LogP contribution is -2.24. The van der Waals surface area contributed by atoms with Crippen LogP contribution in [0.15, 0.2) is 24.3 Å². The highest BCUT2D eigenvalue weighted by molar-refractivity contribution is 5.90. The Labute approximate surface area is 114 Å². The fourth-order valence-electron chi connectivity index (χ4n) is 2.76. The van der Waals surface area contributed by atoms with Crippen LogP contribution in [0.25, 0.3) is 0 Å². The van der Waals surface area contributed by atoms with Gasteiger partial charge in [-0.2, -0.15) is 5.26 Å². The summed E-state index contributed by atoms with van der Waals surface area (Å²) in [7, 11) is 1.65. The van der Waals surface area contributed by atoms with Gasteiger partial charge in [0.25, 0.3) is 0 Å². The Kier molecular flexibility index (Phi) is 4.57. The molecule has 1 saturated carbocycles. The molecular formula is C16H20N2O. The molecule has 0 bridgehead atoms. The van der Waals surface area contributed by atoms with Gasteiger partial charge in [0.05, 0.1) is 0 Å². The van der Waals surface area contributed by atoms with Gasteiger partial charge in [0.1, 0.15) is 0 Å². The van der Waals surface area contributed by atoms with Crippen LogP contribution >= 0.6 is 0 Å². The van der Waals surface area contributed by atoms with Crippen molar-refractivity contribution in [1.82, 2.24) is 4.90 Å². The SMILES string of the molecule is CN(Cc1ccc(C2CCCCC2)cc1)C(=O)C#N. The van der Waals surface area contributed by atoms with E-state index in [1.54, 1.807) is 13.1 Å². The van der Waals surface area contributed by atoms with E-state index in [2.05, 4.69) is 24.3 Å². The summed E-state index contributed by atoms with van der Waals surface area (Å²) in [5, 5.41) is 8.56. The van der Waals surface area contributed by atoms with Gasteiger partial charge in [-0.25, -0.2) is 0 Å². The molecule has 0 radical (unpaired) electrons. The van der Waals surface area contributed by atoms with Crippen LogP contribution in [0.4, 0.5) is 0 Å². The van der Waals surface area contributed by atoms with E-state index in [0.29, 0.717) is 12.5 Å². The number of carbonyl (C=O) groups is 1. The third-order valence-corrected chi connectivity index (χ3v) is 3.92. The molecule has 1 aromatic rings. The van der Waals surface area contributed by atoms with Crippen LogP contribution in [0.3, 0.4) is 0 Å². The topological polar surface area (TPSA) is 44.1 Å². The normalized spacial score (nSPS) is 15.8. The molecule has 1 amide bonds. The number of nitrogens with zero attached hydrogens (tertiary/aromatic N) is 2. The first-order valence-electron chi connectivity index (χ1n) is 6.94. The second-order valence-corrected chi connectivity index (χ2v) is 5.35. The molecule has 0 aromatic heterocycles. The Morgan fingerprint density at radius 2 is 1.89 bits per heavy atom. The number of nitriles is 1. The van der Waals surface area contributed by atoms with Crippen molar-refractivity contribution in [3.05, 3.63) is 35.4 Å². The van der Waals surface area contributed by atoms with Gasteiger partial charge in [-0.05, 0) is 29.9 Å². The molecule has 1 aliphatic rings. The Hall–Kier alpha value is -1.82. The van der Waals surface area contributed by atoms with Crippen molar-refractivity contribution in [3.63, 3.8) is 0 Å². The maximum Gasteiger partial charge on any atom is 0.325 e. The number of rotatable bonds is 3. The zero-order valence-electron chi connectivity index (χ0n) is 11.4. The van der Waals surface area contributed by atoms with Crippen molar-refractivity contribution in [1.29, 1.82) is 5.26 Å². The number of amides is 1. The molecule has 1 aliphatic carbocycles. The summed E-state index contributed by atoms with van der Waals surface area (Å²) in [6.07, 6.45) is 6.64. The van der Waals surface area contributed by atoms with Gasteiger partial charge in [0.15, 0.2) is 6.07 Å². The smallest absolute Gasteiger partial charge is 0.325 e. The zero-order chi connectivity index (χ0) is 13.7. The third-order valence-electron chi connectivity index (χ3n) is 3.92. The summed E-state index contributed by atoms with van der Waals surface area (Å²) >= 11 is 0. The van der Waals surface area contributed by atoms with Crippen LogP contribution in [-0.2, 0) is 11.3 Å². The first-order chi connectivity index (χ1) is 9.20. The van der Waals surface area contributed by atoms with Crippen molar-refractivity contribution in [2.24, 2.45) is 0 Å². The molecular weight excluding hydrogens is 236 g/mol. The lowest BCUT2D eigenvalue weighted by atomic mass is 9.84. The summed E-state index contributed by atoms with van der Waals surface area (Å²) in [5.41, 5.74) is 2.49. The number of benzene rings is 1. The molecule has 0 N–H and O–H groups in total. The molecule has 0 atom stereocenters. The van der Waals surface area contributed by atoms with E-state index in [9.17, 15) is 4.79 Å². The van der Waals surface area contributed by atoms with Crippen LogP contribution in [0.5, 0.6) is 0 Å². The largest absolute Gasteiger partial charge is 0.329 e. The number of carbonyl (C=O) groups excluding carboxylic acids is 1. The van der Waals surface area contributed by atoms with Crippen molar-refractivity contribution in [3.8, 4) is 6.07 Å². The van der Waals surface area contributed by atoms with Gasteiger partial charge >= 0.3 is 5.91 Å². The molecule has 2 rings (SSSR count). The Morgan fingerprint density at radius 1 is 1.26 bits per heavy atom. The summed E-state index contributed by atoms with van der Waals surface area (Å²) in [6, 6.07) is 10.1. The van der Waals surface area contributed by atoms with Crippen molar-refractivity contribution < 1.29 is 4.79 Å². The average Bonchev–Trinajstić information content (AvgIpc) is 2.48. The Morgan fingerprint density at radius 3 is 2.47 bits per heavy atom. The molecule has 3 nitrogen and oxygen atoms in total. The summed E-state index contributed by atoms with van der Waals surface area (Å²) in [6.45, 7) is 0.497. The van der Waals surface area contributed by atoms with Gasteiger partial charge in [0.2, 0.25) is 0 Å². The van der Waals surface area contributed by atoms with Crippen LogP contribution in [0.1, 0.15) is 49.1 Å². The molecule has 0 spiro atoms. The molecule has 0 unspecified atom stereocenters. The third kappa shape index (κ3) is 3.57. The predicted molar refractivity (Wildman–Crippen MR) is 74.4 cm³/mol. The molecule has 0 heterocycles. The Balaban J connectivity index is 1.98. The molecule has 19 heavy (non-hydrogen) atoms. The summed E-state index contributed by atoms with van der Waals surface area (Å²) < 4.78 is 0. The quantitative estimate of drug-likeness (QED) is 0.779. The highest BCUT2D eigenvalue weighted by atomic mass is 16.2. The van der Waals surface area contributed by atoms with E-state index in [4.69, 9.17) is 5.26 Å². The fourth-order valence-corrected chi connectivity index (χ4v) is 2.76. The second-order valence-electron chi connectivity index (χ2n) is 5.35. The first kappa shape index (κ1) is 13.6.